The highest BCUT2D eigenvalue weighted by molar-refractivity contribution is 5.79. The summed E-state index contributed by atoms with van der Waals surface area (Å²) in [4.78, 5) is 12.6. The summed E-state index contributed by atoms with van der Waals surface area (Å²) in [5.41, 5.74) is 8.50. The Morgan fingerprint density at radius 1 is 1.29 bits per heavy atom. The van der Waals surface area contributed by atoms with Crippen LogP contribution in [0.1, 0.15) is 51.5 Å². The zero-order valence-corrected chi connectivity index (χ0v) is 15.3. The van der Waals surface area contributed by atoms with Crippen LogP contribution in [0.5, 0.6) is 0 Å². The summed E-state index contributed by atoms with van der Waals surface area (Å²) in [6.07, 6.45) is 5.12. The highest BCUT2D eigenvalue weighted by Crippen LogP contribution is 2.23. The molecule has 0 unspecified atom stereocenters. The van der Waals surface area contributed by atoms with E-state index in [4.69, 9.17) is 5.73 Å². The summed E-state index contributed by atoms with van der Waals surface area (Å²) in [5, 5.41) is 6.72. The van der Waals surface area contributed by atoms with Crippen molar-refractivity contribution in [1.29, 1.82) is 0 Å². The quantitative estimate of drug-likeness (QED) is 0.717. The fourth-order valence-electron chi connectivity index (χ4n) is 3.55. The van der Waals surface area contributed by atoms with E-state index in [-0.39, 0.29) is 23.9 Å². The van der Waals surface area contributed by atoms with Gasteiger partial charge in [-0.3, -0.25) is 4.79 Å². The number of nitrogens with two attached hydrogens (primary N) is 1. The van der Waals surface area contributed by atoms with Crippen molar-refractivity contribution in [2.24, 2.45) is 17.6 Å². The average molecular weight is 332 g/mol. The SMILES string of the molecule is Cc1cccc(NC[C@H](CC(C)C)NC(=O)[C@@H]2CCCC[C@@H]2N)c1. The van der Waals surface area contributed by atoms with E-state index in [0.717, 1.165) is 44.3 Å². The van der Waals surface area contributed by atoms with Crippen molar-refractivity contribution in [1.82, 2.24) is 5.32 Å². The van der Waals surface area contributed by atoms with E-state index in [9.17, 15) is 4.79 Å². The fourth-order valence-corrected chi connectivity index (χ4v) is 3.55. The summed E-state index contributed by atoms with van der Waals surface area (Å²) < 4.78 is 0. The van der Waals surface area contributed by atoms with Gasteiger partial charge in [-0.25, -0.2) is 0 Å². The molecule has 1 amide bonds. The number of benzene rings is 1. The van der Waals surface area contributed by atoms with Gasteiger partial charge in [0.05, 0.1) is 5.92 Å². The van der Waals surface area contributed by atoms with E-state index in [2.05, 4.69) is 55.7 Å². The number of anilines is 1. The van der Waals surface area contributed by atoms with Crippen molar-refractivity contribution in [3.63, 3.8) is 0 Å². The summed E-state index contributed by atoms with van der Waals surface area (Å²) in [6, 6.07) is 8.48. The molecule has 24 heavy (non-hydrogen) atoms. The molecule has 1 aliphatic rings. The molecule has 0 radical (unpaired) electrons. The molecular weight excluding hydrogens is 298 g/mol. The standard InChI is InChI=1S/C20H33N3O/c1-14(2)11-17(13-22-16-8-6-7-15(3)12-16)23-20(24)18-9-4-5-10-19(18)21/h6-8,12,14,17-19,22H,4-5,9-11,13,21H2,1-3H3,(H,23,24)/t17-,18+,19-/m0/s1. The van der Waals surface area contributed by atoms with Crippen LogP contribution in [-0.4, -0.2) is 24.5 Å². The van der Waals surface area contributed by atoms with Crippen LogP contribution < -0.4 is 16.4 Å². The van der Waals surface area contributed by atoms with Gasteiger partial charge in [0.2, 0.25) is 5.91 Å². The molecule has 0 saturated heterocycles. The number of aryl methyl sites for hydroxylation is 1. The molecule has 4 N–H and O–H groups in total. The minimum Gasteiger partial charge on any atom is -0.383 e. The molecule has 2 rings (SSSR count). The second-order valence-electron chi connectivity index (χ2n) is 7.64. The van der Waals surface area contributed by atoms with Crippen LogP contribution in [-0.2, 0) is 4.79 Å². The Morgan fingerprint density at radius 2 is 2.04 bits per heavy atom. The van der Waals surface area contributed by atoms with Gasteiger partial charge >= 0.3 is 0 Å². The van der Waals surface area contributed by atoms with E-state index in [1.165, 1.54) is 5.56 Å². The van der Waals surface area contributed by atoms with Gasteiger partial charge in [-0.1, -0.05) is 38.8 Å². The van der Waals surface area contributed by atoms with Crippen molar-refractivity contribution < 1.29 is 4.79 Å². The van der Waals surface area contributed by atoms with Gasteiger partial charge in [-0.15, -0.1) is 0 Å². The lowest BCUT2D eigenvalue weighted by Gasteiger charge is -2.30. The monoisotopic (exact) mass is 331 g/mol. The van der Waals surface area contributed by atoms with Crippen molar-refractivity contribution in [2.75, 3.05) is 11.9 Å². The highest BCUT2D eigenvalue weighted by Gasteiger charge is 2.29. The Balaban J connectivity index is 1.93. The van der Waals surface area contributed by atoms with Crippen molar-refractivity contribution in [3.05, 3.63) is 29.8 Å². The predicted molar refractivity (Wildman–Crippen MR) is 101 cm³/mol. The largest absolute Gasteiger partial charge is 0.383 e. The lowest BCUT2D eigenvalue weighted by molar-refractivity contribution is -0.127. The first-order valence-corrected chi connectivity index (χ1v) is 9.32. The number of carbonyl (C=O) groups is 1. The molecule has 0 aromatic heterocycles. The van der Waals surface area contributed by atoms with Gasteiger partial charge in [0.1, 0.15) is 0 Å². The molecule has 4 heteroatoms. The smallest absolute Gasteiger partial charge is 0.224 e. The third-order valence-corrected chi connectivity index (χ3v) is 4.83. The van der Waals surface area contributed by atoms with E-state index in [0.29, 0.717) is 5.92 Å². The molecule has 0 heterocycles. The first-order valence-electron chi connectivity index (χ1n) is 9.32. The molecule has 134 valence electrons. The van der Waals surface area contributed by atoms with Gasteiger partial charge in [-0.2, -0.15) is 0 Å². The number of rotatable bonds is 7. The van der Waals surface area contributed by atoms with E-state index < -0.39 is 0 Å². The Bertz CT molecular complexity index is 529. The summed E-state index contributed by atoms with van der Waals surface area (Å²) in [5.74, 6) is 0.654. The molecule has 1 aromatic rings. The average Bonchev–Trinajstić information content (AvgIpc) is 2.52. The maximum Gasteiger partial charge on any atom is 0.224 e. The number of carbonyl (C=O) groups excluding carboxylic acids is 1. The lowest BCUT2D eigenvalue weighted by Crippen LogP contribution is -2.49. The maximum atomic E-state index is 12.6. The van der Waals surface area contributed by atoms with Gasteiger partial charge in [0.25, 0.3) is 0 Å². The van der Waals surface area contributed by atoms with Gasteiger partial charge < -0.3 is 16.4 Å². The fraction of sp³-hybridized carbons (Fsp3) is 0.650. The molecule has 3 atom stereocenters. The van der Waals surface area contributed by atoms with Crippen molar-refractivity contribution in [3.8, 4) is 0 Å². The molecule has 1 fully saturated rings. The van der Waals surface area contributed by atoms with Gasteiger partial charge in [0, 0.05) is 24.3 Å². The number of amides is 1. The second kappa shape index (κ2) is 9.07. The van der Waals surface area contributed by atoms with Gasteiger partial charge in [0.15, 0.2) is 0 Å². The normalized spacial score (nSPS) is 22.2. The predicted octanol–water partition coefficient (Wildman–Crippen LogP) is 3.46. The minimum atomic E-state index is -0.0209. The Kier molecular flexibility index (Phi) is 7.10. The van der Waals surface area contributed by atoms with E-state index in [1.54, 1.807) is 0 Å². The summed E-state index contributed by atoms with van der Waals surface area (Å²) in [7, 11) is 0. The van der Waals surface area contributed by atoms with Crippen molar-refractivity contribution >= 4 is 11.6 Å². The Morgan fingerprint density at radius 3 is 2.71 bits per heavy atom. The van der Waals surface area contributed by atoms with Crippen LogP contribution >= 0.6 is 0 Å². The zero-order chi connectivity index (χ0) is 17.5. The number of hydrogen-bond acceptors (Lipinski definition) is 3. The molecule has 1 aliphatic carbocycles. The Labute approximate surface area is 146 Å². The van der Waals surface area contributed by atoms with Crippen LogP contribution in [0.3, 0.4) is 0 Å². The number of nitrogens with one attached hydrogen (secondary N) is 2. The summed E-state index contributed by atoms with van der Waals surface area (Å²) >= 11 is 0. The van der Waals surface area contributed by atoms with Crippen LogP contribution in [0.2, 0.25) is 0 Å². The molecule has 0 bridgehead atoms. The first-order chi connectivity index (χ1) is 11.5. The van der Waals surface area contributed by atoms with E-state index in [1.807, 2.05) is 0 Å². The third kappa shape index (κ3) is 5.82. The second-order valence-corrected chi connectivity index (χ2v) is 7.64. The first kappa shape index (κ1) is 18.8. The van der Waals surface area contributed by atoms with Crippen LogP contribution in [0.15, 0.2) is 24.3 Å². The maximum absolute atomic E-state index is 12.6. The lowest BCUT2D eigenvalue weighted by atomic mass is 9.84. The van der Waals surface area contributed by atoms with Crippen LogP contribution in [0.25, 0.3) is 0 Å². The molecule has 1 aromatic carbocycles. The summed E-state index contributed by atoms with van der Waals surface area (Å²) in [6.45, 7) is 7.22. The van der Waals surface area contributed by atoms with Gasteiger partial charge in [-0.05, 0) is 49.8 Å². The number of hydrogen-bond donors (Lipinski definition) is 3. The molecule has 1 saturated carbocycles. The minimum absolute atomic E-state index is 0.0168. The molecule has 0 aliphatic heterocycles. The van der Waals surface area contributed by atoms with E-state index >= 15 is 0 Å². The van der Waals surface area contributed by atoms with Crippen LogP contribution in [0.4, 0.5) is 5.69 Å². The molecular formula is C20H33N3O. The zero-order valence-electron chi connectivity index (χ0n) is 15.3. The van der Waals surface area contributed by atoms with Crippen molar-refractivity contribution in [2.45, 2.75) is 65.0 Å². The molecule has 0 spiro atoms. The molecule has 4 nitrogen and oxygen atoms in total. The Hall–Kier alpha value is -1.55. The van der Waals surface area contributed by atoms with Crippen LogP contribution in [0, 0.1) is 18.8 Å². The third-order valence-electron chi connectivity index (χ3n) is 4.83. The topological polar surface area (TPSA) is 67.1 Å². The highest BCUT2D eigenvalue weighted by atomic mass is 16.2.